The first-order chi connectivity index (χ1) is 28.9. The number of aryl methyl sites for hydroxylation is 4. The van der Waals surface area contributed by atoms with Crippen LogP contribution in [0.5, 0.6) is 0 Å². The highest BCUT2D eigenvalue weighted by Gasteiger charge is 2.24. The fourth-order valence-corrected chi connectivity index (χ4v) is 7.61. The number of hydrogen-bond acceptors (Lipinski definition) is 10. The Hall–Kier alpha value is -7.88. The molecule has 16 nitrogen and oxygen atoms in total. The van der Waals surface area contributed by atoms with Crippen molar-refractivity contribution in [2.45, 2.75) is 51.4 Å². The van der Waals surface area contributed by atoms with Crippen LogP contribution in [-0.4, -0.2) is 84.2 Å². The summed E-state index contributed by atoms with van der Waals surface area (Å²) in [4.78, 5) is 82.7. The molecule has 2 aliphatic heterocycles. The van der Waals surface area contributed by atoms with Gasteiger partial charge in [-0.2, -0.15) is 0 Å². The average Bonchev–Trinajstić information content (AvgIpc) is 3.95. The van der Waals surface area contributed by atoms with E-state index in [0.29, 0.717) is 89.7 Å². The molecule has 0 unspecified atom stereocenters. The Balaban J connectivity index is 1.37. The van der Waals surface area contributed by atoms with Crippen LogP contribution in [-0.2, 0) is 44.9 Å². The normalized spacial score (nSPS) is 11.7. The number of carboxylic acids is 4. The highest BCUT2D eigenvalue weighted by atomic mass is 16.4. The van der Waals surface area contributed by atoms with E-state index in [0.717, 1.165) is 22.3 Å². The Labute approximate surface area is 338 Å². The molecule has 0 saturated carbocycles. The molecule has 4 aromatic carbocycles. The predicted octanol–water partition coefficient (Wildman–Crippen LogP) is 6.94. The zero-order valence-corrected chi connectivity index (χ0v) is 31.7. The maximum absolute atomic E-state index is 11.5. The molecule has 0 saturated heterocycles. The number of aromatic amines is 2. The Kier molecular flexibility index (Phi) is 9.50. The lowest BCUT2D eigenvalue weighted by Gasteiger charge is -2.03. The molecule has 9 rings (SSSR count). The summed E-state index contributed by atoms with van der Waals surface area (Å²) in [6.45, 7) is 0. The molecule has 2 aliphatic rings. The van der Waals surface area contributed by atoms with E-state index in [-0.39, 0.29) is 51.4 Å². The van der Waals surface area contributed by atoms with Crippen molar-refractivity contribution in [3.8, 4) is 45.6 Å². The highest BCUT2D eigenvalue weighted by Crippen LogP contribution is 2.38. The number of fused-ring (bicyclic) bond motifs is 20. The highest BCUT2D eigenvalue weighted by molar-refractivity contribution is 6.06. The van der Waals surface area contributed by atoms with Crippen LogP contribution in [0.15, 0.2) is 72.8 Å². The fraction of sp³-hybridized carbons (Fsp3) is 0.182. The molecule has 7 aromatic rings. The van der Waals surface area contributed by atoms with E-state index in [1.165, 1.54) is 0 Å². The standard InChI is InChI=1S/C44H34N8O8/c53-33(54)13-5-21-1-9-25-29(17-21)41-45-37(25)49-42-30-18-22(6-14-34(55)56)2-10-26(30)39(46-42)51-44-32-20-24(8-16-36(59)60)4-12-28(32)40(48-44)52-43-31-19-23(7-15-35(57)58)3-11-27(31)38(47-43)50-41/h1-4,9-12,17-20H,5-8,13-16H2,(H,53,54)(H,55,56)(H,57,58)(H,59,60)(H2,45,46,47,48,49,50,51,52). The van der Waals surface area contributed by atoms with Crippen LogP contribution in [0.3, 0.4) is 0 Å². The molecule has 0 amide bonds. The minimum absolute atomic E-state index is 0.0671. The fourth-order valence-electron chi connectivity index (χ4n) is 7.61. The van der Waals surface area contributed by atoms with Crippen molar-refractivity contribution >= 4 is 68.0 Å². The third kappa shape index (κ3) is 7.37. The third-order valence-electron chi connectivity index (χ3n) is 10.6. The molecule has 60 heavy (non-hydrogen) atoms. The molecule has 0 fully saturated rings. The summed E-state index contributed by atoms with van der Waals surface area (Å²) < 4.78 is 0. The SMILES string of the molecule is O=C(O)CCc1ccc2c(c1)-c1nc-2nc2[nH]c(nc3nc(nc4[nH]c(n1)c1ccc(CCC(=O)O)cc41)-c1ccc(CCC(=O)O)cc1-3)c1ccc(CCC(=O)O)cc21. The van der Waals surface area contributed by atoms with Gasteiger partial charge >= 0.3 is 23.9 Å². The summed E-state index contributed by atoms with van der Waals surface area (Å²) in [5.74, 6) is -2.42. The Morgan fingerprint density at radius 2 is 0.667 bits per heavy atom. The summed E-state index contributed by atoms with van der Waals surface area (Å²) in [5.41, 5.74) is 7.29. The summed E-state index contributed by atoms with van der Waals surface area (Å²) in [6, 6.07) is 22.2. The molecule has 16 heteroatoms. The van der Waals surface area contributed by atoms with Gasteiger partial charge in [-0.15, -0.1) is 0 Å². The molecular weight excluding hydrogens is 769 g/mol. The first kappa shape index (κ1) is 37.7. The van der Waals surface area contributed by atoms with E-state index in [2.05, 4.69) is 9.97 Å². The van der Waals surface area contributed by atoms with Crippen LogP contribution in [0.2, 0.25) is 0 Å². The third-order valence-corrected chi connectivity index (χ3v) is 10.6. The van der Waals surface area contributed by atoms with Crippen molar-refractivity contribution in [2.24, 2.45) is 0 Å². The van der Waals surface area contributed by atoms with Gasteiger partial charge in [0.05, 0.1) is 0 Å². The molecule has 8 bridgehead atoms. The summed E-state index contributed by atoms with van der Waals surface area (Å²) in [6.07, 6.45) is 0.864. The monoisotopic (exact) mass is 802 g/mol. The van der Waals surface area contributed by atoms with Gasteiger partial charge in [0.1, 0.15) is 22.6 Å². The maximum Gasteiger partial charge on any atom is 0.303 e. The van der Waals surface area contributed by atoms with E-state index in [4.69, 9.17) is 29.9 Å². The lowest BCUT2D eigenvalue weighted by atomic mass is 10.0. The smallest absolute Gasteiger partial charge is 0.303 e. The second-order valence-corrected chi connectivity index (χ2v) is 14.7. The zero-order valence-electron chi connectivity index (χ0n) is 31.7. The summed E-state index contributed by atoms with van der Waals surface area (Å²) >= 11 is 0. The lowest BCUT2D eigenvalue weighted by Crippen LogP contribution is -1.97. The van der Waals surface area contributed by atoms with Gasteiger partial charge in [0, 0.05) is 69.5 Å². The minimum atomic E-state index is -0.925. The van der Waals surface area contributed by atoms with Crippen LogP contribution in [0, 0.1) is 0 Å². The second kappa shape index (κ2) is 15.1. The number of benzene rings is 4. The van der Waals surface area contributed by atoms with E-state index in [9.17, 15) is 39.6 Å². The molecule has 0 radical (unpaired) electrons. The number of carboxylic acid groups (broad SMARTS) is 4. The summed E-state index contributed by atoms with van der Waals surface area (Å²) in [5, 5.41) is 40.3. The van der Waals surface area contributed by atoms with Gasteiger partial charge in [0.25, 0.3) is 0 Å². The lowest BCUT2D eigenvalue weighted by molar-refractivity contribution is -0.138. The predicted molar refractivity (Wildman–Crippen MR) is 220 cm³/mol. The number of nitrogens with one attached hydrogen (secondary N) is 2. The minimum Gasteiger partial charge on any atom is -0.481 e. The van der Waals surface area contributed by atoms with Crippen molar-refractivity contribution in [1.29, 1.82) is 0 Å². The zero-order chi connectivity index (χ0) is 41.7. The van der Waals surface area contributed by atoms with Gasteiger partial charge in [-0.25, -0.2) is 29.9 Å². The van der Waals surface area contributed by atoms with Gasteiger partial charge in [-0.05, 0) is 72.2 Å². The Bertz CT molecular complexity index is 2940. The van der Waals surface area contributed by atoms with Crippen molar-refractivity contribution in [3.63, 3.8) is 0 Å². The molecular formula is C44H34N8O8. The van der Waals surface area contributed by atoms with Gasteiger partial charge in [-0.3, -0.25) is 19.2 Å². The van der Waals surface area contributed by atoms with E-state index >= 15 is 0 Å². The molecule has 0 aliphatic carbocycles. The van der Waals surface area contributed by atoms with Gasteiger partial charge in [-0.1, -0.05) is 48.5 Å². The van der Waals surface area contributed by atoms with E-state index < -0.39 is 23.9 Å². The summed E-state index contributed by atoms with van der Waals surface area (Å²) in [7, 11) is 0. The Morgan fingerprint density at radius 3 is 1.02 bits per heavy atom. The molecule has 0 spiro atoms. The maximum atomic E-state index is 11.5. The Morgan fingerprint density at radius 1 is 0.367 bits per heavy atom. The number of hydrogen-bond donors (Lipinski definition) is 6. The number of aliphatic carboxylic acids is 4. The van der Waals surface area contributed by atoms with E-state index in [1.54, 1.807) is 0 Å². The largest absolute Gasteiger partial charge is 0.481 e. The topological polar surface area (TPSA) is 258 Å². The molecule has 6 N–H and O–H groups in total. The van der Waals surface area contributed by atoms with Gasteiger partial charge < -0.3 is 30.4 Å². The van der Waals surface area contributed by atoms with Crippen LogP contribution in [0.25, 0.3) is 89.7 Å². The van der Waals surface area contributed by atoms with Crippen molar-refractivity contribution in [1.82, 2.24) is 39.9 Å². The number of carbonyl (C=O) groups is 4. The quantitative estimate of drug-likeness (QED) is 0.0732. The average molecular weight is 803 g/mol. The second-order valence-electron chi connectivity index (χ2n) is 14.7. The van der Waals surface area contributed by atoms with Crippen molar-refractivity contribution < 1.29 is 39.6 Å². The first-order valence-electron chi connectivity index (χ1n) is 19.2. The van der Waals surface area contributed by atoms with Crippen molar-refractivity contribution in [2.75, 3.05) is 0 Å². The molecule has 5 heterocycles. The number of aromatic nitrogens is 8. The number of nitrogens with zero attached hydrogens (tertiary/aromatic N) is 6. The van der Waals surface area contributed by atoms with Crippen LogP contribution < -0.4 is 0 Å². The van der Waals surface area contributed by atoms with Crippen LogP contribution in [0.1, 0.15) is 47.9 Å². The van der Waals surface area contributed by atoms with Crippen molar-refractivity contribution in [3.05, 3.63) is 95.1 Å². The molecule has 0 atom stereocenters. The number of H-pyrrole nitrogens is 2. The van der Waals surface area contributed by atoms with Crippen LogP contribution >= 0.6 is 0 Å². The van der Waals surface area contributed by atoms with Crippen LogP contribution in [0.4, 0.5) is 0 Å². The van der Waals surface area contributed by atoms with Gasteiger partial charge in [0.15, 0.2) is 23.3 Å². The first-order valence-corrected chi connectivity index (χ1v) is 19.2. The number of rotatable bonds is 12. The molecule has 298 valence electrons. The van der Waals surface area contributed by atoms with Gasteiger partial charge in [0.2, 0.25) is 0 Å². The van der Waals surface area contributed by atoms with E-state index in [1.807, 2.05) is 72.8 Å². The molecule has 3 aromatic heterocycles.